The number of amides is 1. The van der Waals surface area contributed by atoms with Crippen molar-refractivity contribution in [3.05, 3.63) is 65.2 Å². The number of aliphatic hydroxyl groups excluding tert-OH is 1. The van der Waals surface area contributed by atoms with Crippen LogP contribution in [0.3, 0.4) is 0 Å². The van der Waals surface area contributed by atoms with E-state index in [0.717, 1.165) is 16.7 Å². The molecule has 0 saturated carbocycles. The number of rotatable bonds is 4. The Morgan fingerprint density at radius 2 is 1.91 bits per heavy atom. The molecule has 4 N–H and O–H groups in total. The third kappa shape index (κ3) is 2.97. The maximum absolute atomic E-state index is 12.2. The summed E-state index contributed by atoms with van der Waals surface area (Å²) in [6.07, 6.45) is 0.998. The number of aryl methyl sites for hydroxylation is 1. The minimum atomic E-state index is -0.553. The molecule has 0 saturated heterocycles. The Balaban J connectivity index is 1.62. The first kappa shape index (κ1) is 14.6. The molecule has 3 rings (SSSR count). The normalized spacial score (nSPS) is 19.7. The lowest BCUT2D eigenvalue weighted by Crippen LogP contribution is -2.34. The SMILES string of the molecule is Nc1ccccc1CCC(=O)N[C@H]1c2ccccc2C[C@H]1O. The van der Waals surface area contributed by atoms with Crippen LogP contribution >= 0.6 is 0 Å². The van der Waals surface area contributed by atoms with E-state index in [9.17, 15) is 9.90 Å². The van der Waals surface area contributed by atoms with Gasteiger partial charge in [-0.15, -0.1) is 0 Å². The average molecular weight is 296 g/mol. The molecule has 0 bridgehead atoms. The maximum atomic E-state index is 12.2. The van der Waals surface area contributed by atoms with Crippen LogP contribution in [0.1, 0.15) is 29.2 Å². The zero-order valence-corrected chi connectivity index (χ0v) is 12.3. The van der Waals surface area contributed by atoms with Gasteiger partial charge in [-0.25, -0.2) is 0 Å². The van der Waals surface area contributed by atoms with Crippen LogP contribution < -0.4 is 11.1 Å². The minimum Gasteiger partial charge on any atom is -0.399 e. The van der Waals surface area contributed by atoms with E-state index in [4.69, 9.17) is 5.73 Å². The molecule has 0 spiro atoms. The zero-order valence-electron chi connectivity index (χ0n) is 12.3. The fourth-order valence-corrected chi connectivity index (χ4v) is 3.00. The molecule has 2 aromatic carbocycles. The van der Waals surface area contributed by atoms with E-state index in [-0.39, 0.29) is 11.9 Å². The number of hydrogen-bond donors (Lipinski definition) is 3. The fourth-order valence-electron chi connectivity index (χ4n) is 3.00. The number of fused-ring (bicyclic) bond motifs is 1. The van der Waals surface area contributed by atoms with Crippen molar-refractivity contribution in [2.45, 2.75) is 31.4 Å². The summed E-state index contributed by atoms with van der Waals surface area (Å²) in [5.41, 5.74) is 9.69. The third-order valence-corrected chi connectivity index (χ3v) is 4.20. The van der Waals surface area contributed by atoms with Gasteiger partial charge in [0.1, 0.15) is 0 Å². The number of aliphatic hydroxyl groups is 1. The number of carbonyl (C=O) groups excluding carboxylic acids is 1. The number of nitrogen functional groups attached to an aromatic ring is 1. The molecule has 0 radical (unpaired) electrons. The van der Waals surface area contributed by atoms with Crippen molar-refractivity contribution in [2.75, 3.05) is 5.73 Å². The number of nitrogens with one attached hydrogen (secondary N) is 1. The van der Waals surface area contributed by atoms with Gasteiger partial charge >= 0.3 is 0 Å². The predicted octanol–water partition coefficient (Wildman–Crippen LogP) is 1.98. The first-order valence-electron chi connectivity index (χ1n) is 7.54. The molecule has 0 aromatic heterocycles. The van der Waals surface area contributed by atoms with E-state index in [1.54, 1.807) is 0 Å². The molecule has 114 valence electrons. The monoisotopic (exact) mass is 296 g/mol. The Morgan fingerprint density at radius 3 is 2.73 bits per heavy atom. The second-order valence-corrected chi connectivity index (χ2v) is 5.71. The third-order valence-electron chi connectivity index (χ3n) is 4.20. The number of benzene rings is 2. The number of anilines is 1. The molecule has 2 aromatic rings. The highest BCUT2D eigenvalue weighted by atomic mass is 16.3. The number of nitrogens with two attached hydrogens (primary N) is 1. The second kappa shape index (κ2) is 6.20. The van der Waals surface area contributed by atoms with Crippen molar-refractivity contribution in [2.24, 2.45) is 0 Å². The molecular formula is C18H20N2O2. The molecule has 0 fully saturated rings. The molecule has 1 aliphatic carbocycles. The molecule has 0 aliphatic heterocycles. The highest BCUT2D eigenvalue weighted by Crippen LogP contribution is 2.31. The van der Waals surface area contributed by atoms with Crippen molar-refractivity contribution in [3.63, 3.8) is 0 Å². The Hall–Kier alpha value is -2.33. The van der Waals surface area contributed by atoms with Crippen LogP contribution in [0.4, 0.5) is 5.69 Å². The Morgan fingerprint density at radius 1 is 1.18 bits per heavy atom. The van der Waals surface area contributed by atoms with Crippen LogP contribution in [0.25, 0.3) is 0 Å². The maximum Gasteiger partial charge on any atom is 0.220 e. The standard InChI is InChI=1S/C18H20N2O2/c19-15-8-4-2-5-12(15)9-10-17(22)20-18-14-7-3-1-6-13(14)11-16(18)21/h1-8,16,18,21H,9-11,19H2,(H,20,22)/t16-,18+/m1/s1. The lowest BCUT2D eigenvalue weighted by atomic mass is 10.1. The van der Waals surface area contributed by atoms with Gasteiger partial charge in [-0.2, -0.15) is 0 Å². The quantitative estimate of drug-likeness (QED) is 0.755. The van der Waals surface area contributed by atoms with Crippen LogP contribution in [0.2, 0.25) is 0 Å². The van der Waals surface area contributed by atoms with Crippen molar-refractivity contribution in [1.82, 2.24) is 5.32 Å². The van der Waals surface area contributed by atoms with E-state index in [0.29, 0.717) is 24.9 Å². The zero-order chi connectivity index (χ0) is 15.5. The van der Waals surface area contributed by atoms with Gasteiger partial charge in [-0.3, -0.25) is 4.79 Å². The summed E-state index contributed by atoms with van der Waals surface area (Å²) in [6, 6.07) is 15.1. The van der Waals surface area contributed by atoms with Crippen molar-refractivity contribution in [1.29, 1.82) is 0 Å². The average Bonchev–Trinajstić information content (AvgIpc) is 2.83. The van der Waals surface area contributed by atoms with Gasteiger partial charge in [0.05, 0.1) is 12.1 Å². The molecule has 0 heterocycles. The summed E-state index contributed by atoms with van der Waals surface area (Å²) in [4.78, 5) is 12.2. The summed E-state index contributed by atoms with van der Waals surface area (Å²) >= 11 is 0. The largest absolute Gasteiger partial charge is 0.399 e. The topological polar surface area (TPSA) is 75.4 Å². The smallest absolute Gasteiger partial charge is 0.220 e. The first-order valence-corrected chi connectivity index (χ1v) is 7.54. The molecular weight excluding hydrogens is 276 g/mol. The number of para-hydroxylation sites is 1. The molecule has 4 nitrogen and oxygen atoms in total. The van der Waals surface area contributed by atoms with Crippen molar-refractivity contribution in [3.8, 4) is 0 Å². The van der Waals surface area contributed by atoms with Crippen LogP contribution in [0.5, 0.6) is 0 Å². The van der Waals surface area contributed by atoms with Crippen LogP contribution in [-0.2, 0) is 17.6 Å². The van der Waals surface area contributed by atoms with Crippen molar-refractivity contribution >= 4 is 11.6 Å². The van der Waals surface area contributed by atoms with E-state index in [1.165, 1.54) is 0 Å². The van der Waals surface area contributed by atoms with Gasteiger partial charge < -0.3 is 16.2 Å². The summed E-state index contributed by atoms with van der Waals surface area (Å²) in [5, 5.41) is 13.1. The van der Waals surface area contributed by atoms with Crippen LogP contribution in [0.15, 0.2) is 48.5 Å². The first-order chi connectivity index (χ1) is 10.6. The van der Waals surface area contributed by atoms with E-state index in [2.05, 4.69) is 5.32 Å². The summed E-state index contributed by atoms with van der Waals surface area (Å²) in [7, 11) is 0. The minimum absolute atomic E-state index is 0.0657. The molecule has 0 unspecified atom stereocenters. The number of carbonyl (C=O) groups is 1. The summed E-state index contributed by atoms with van der Waals surface area (Å²) < 4.78 is 0. The van der Waals surface area contributed by atoms with Gasteiger partial charge in [0, 0.05) is 18.5 Å². The summed E-state index contributed by atoms with van der Waals surface area (Å²) in [5.74, 6) is -0.0657. The molecule has 22 heavy (non-hydrogen) atoms. The lowest BCUT2D eigenvalue weighted by molar-refractivity contribution is -0.122. The van der Waals surface area contributed by atoms with E-state index in [1.807, 2.05) is 48.5 Å². The molecule has 1 aliphatic rings. The van der Waals surface area contributed by atoms with Crippen molar-refractivity contribution < 1.29 is 9.90 Å². The Bertz CT molecular complexity index is 684. The lowest BCUT2D eigenvalue weighted by Gasteiger charge is -2.18. The van der Waals surface area contributed by atoms with E-state index < -0.39 is 6.10 Å². The number of hydrogen-bond acceptors (Lipinski definition) is 3. The highest BCUT2D eigenvalue weighted by molar-refractivity contribution is 5.77. The Labute approximate surface area is 130 Å². The van der Waals surface area contributed by atoms with Gasteiger partial charge in [0.25, 0.3) is 0 Å². The van der Waals surface area contributed by atoms with Gasteiger partial charge in [-0.05, 0) is 29.2 Å². The van der Waals surface area contributed by atoms with Gasteiger partial charge in [0.2, 0.25) is 5.91 Å². The Kier molecular flexibility index (Phi) is 4.11. The predicted molar refractivity (Wildman–Crippen MR) is 86.2 cm³/mol. The highest BCUT2D eigenvalue weighted by Gasteiger charge is 2.31. The fraction of sp³-hybridized carbons (Fsp3) is 0.278. The summed E-state index contributed by atoms with van der Waals surface area (Å²) in [6.45, 7) is 0. The molecule has 1 amide bonds. The molecule has 4 heteroatoms. The van der Waals surface area contributed by atoms with Crippen LogP contribution in [-0.4, -0.2) is 17.1 Å². The van der Waals surface area contributed by atoms with Gasteiger partial charge in [0.15, 0.2) is 0 Å². The molecule has 2 atom stereocenters. The van der Waals surface area contributed by atoms with Gasteiger partial charge in [-0.1, -0.05) is 42.5 Å². The van der Waals surface area contributed by atoms with E-state index >= 15 is 0 Å². The van der Waals surface area contributed by atoms with Crippen LogP contribution in [0, 0.1) is 0 Å². The second-order valence-electron chi connectivity index (χ2n) is 5.71.